The molecule has 0 amide bonds. The standard InChI is InChI=1S/C13H23IO3/c1-8(2)5-10(14)11-6-12(13(15)17-11)16-7-9(3)4/h8-12H,5-7H2,1-4H3/t10-,11-,12+/m1/s1. The van der Waals surface area contributed by atoms with Crippen LogP contribution in [0.15, 0.2) is 0 Å². The number of esters is 1. The number of carbonyl (C=O) groups excluding carboxylic acids is 1. The molecule has 1 fully saturated rings. The van der Waals surface area contributed by atoms with E-state index in [4.69, 9.17) is 9.47 Å². The summed E-state index contributed by atoms with van der Waals surface area (Å²) in [6.45, 7) is 9.17. The number of carbonyl (C=O) groups is 1. The van der Waals surface area contributed by atoms with Gasteiger partial charge in [0.1, 0.15) is 6.10 Å². The van der Waals surface area contributed by atoms with Crippen molar-refractivity contribution in [1.29, 1.82) is 0 Å². The molecule has 0 radical (unpaired) electrons. The van der Waals surface area contributed by atoms with Gasteiger partial charge in [0, 0.05) is 10.3 Å². The van der Waals surface area contributed by atoms with Crippen LogP contribution in [0.5, 0.6) is 0 Å². The molecule has 0 aromatic carbocycles. The van der Waals surface area contributed by atoms with E-state index in [-0.39, 0.29) is 18.2 Å². The van der Waals surface area contributed by atoms with Gasteiger partial charge < -0.3 is 9.47 Å². The Labute approximate surface area is 118 Å². The normalized spacial score (nSPS) is 26.6. The molecule has 3 atom stereocenters. The van der Waals surface area contributed by atoms with Crippen LogP contribution in [0.2, 0.25) is 0 Å². The number of hydrogen-bond donors (Lipinski definition) is 0. The number of halogens is 1. The first-order chi connectivity index (χ1) is 7.90. The average Bonchev–Trinajstić information content (AvgIpc) is 2.56. The second-order valence-corrected chi connectivity index (χ2v) is 7.17. The summed E-state index contributed by atoms with van der Waals surface area (Å²) in [6, 6.07) is 0. The molecule has 100 valence electrons. The van der Waals surface area contributed by atoms with Crippen LogP contribution >= 0.6 is 22.6 Å². The SMILES string of the molecule is CC(C)CO[C@H]1C[C@H]([C@H](I)CC(C)C)OC1=O. The Morgan fingerprint density at radius 3 is 2.53 bits per heavy atom. The molecule has 0 bridgehead atoms. The van der Waals surface area contributed by atoms with Crippen molar-refractivity contribution in [2.45, 2.75) is 56.7 Å². The van der Waals surface area contributed by atoms with Gasteiger partial charge in [-0.25, -0.2) is 4.79 Å². The molecule has 3 nitrogen and oxygen atoms in total. The molecule has 0 aliphatic carbocycles. The van der Waals surface area contributed by atoms with Gasteiger partial charge in [-0.05, 0) is 18.3 Å². The third kappa shape index (κ3) is 5.12. The minimum Gasteiger partial charge on any atom is -0.459 e. The highest BCUT2D eigenvalue weighted by molar-refractivity contribution is 14.1. The topological polar surface area (TPSA) is 35.5 Å². The summed E-state index contributed by atoms with van der Waals surface area (Å²) >= 11 is 2.39. The molecule has 0 spiro atoms. The fraction of sp³-hybridized carbons (Fsp3) is 0.923. The van der Waals surface area contributed by atoms with Gasteiger partial charge in [-0.3, -0.25) is 0 Å². The monoisotopic (exact) mass is 354 g/mol. The average molecular weight is 354 g/mol. The number of alkyl halides is 1. The van der Waals surface area contributed by atoms with Crippen LogP contribution in [0, 0.1) is 11.8 Å². The fourth-order valence-electron chi connectivity index (χ4n) is 1.85. The molecular formula is C13H23IO3. The third-order valence-electron chi connectivity index (χ3n) is 2.71. The van der Waals surface area contributed by atoms with E-state index in [0.717, 1.165) is 6.42 Å². The molecule has 1 saturated heterocycles. The first-order valence-electron chi connectivity index (χ1n) is 6.36. The maximum Gasteiger partial charge on any atom is 0.335 e. The van der Waals surface area contributed by atoms with Crippen molar-refractivity contribution >= 4 is 28.6 Å². The molecule has 17 heavy (non-hydrogen) atoms. The molecule has 1 rings (SSSR count). The summed E-state index contributed by atoms with van der Waals surface area (Å²) in [5.74, 6) is 0.903. The predicted molar refractivity (Wildman–Crippen MR) is 76.3 cm³/mol. The fourth-order valence-corrected chi connectivity index (χ4v) is 3.31. The molecule has 0 aromatic heterocycles. The predicted octanol–water partition coefficient (Wildman–Crippen LogP) is 3.19. The lowest BCUT2D eigenvalue weighted by Crippen LogP contribution is -2.22. The van der Waals surface area contributed by atoms with Crippen LogP contribution in [0.25, 0.3) is 0 Å². The van der Waals surface area contributed by atoms with E-state index in [1.165, 1.54) is 0 Å². The summed E-state index contributed by atoms with van der Waals surface area (Å²) in [7, 11) is 0. The molecule has 0 saturated carbocycles. The van der Waals surface area contributed by atoms with E-state index in [9.17, 15) is 4.79 Å². The Balaban J connectivity index is 2.40. The summed E-state index contributed by atoms with van der Waals surface area (Å²) < 4.78 is 11.4. The molecule has 1 aliphatic rings. The van der Waals surface area contributed by atoms with Gasteiger partial charge in [0.15, 0.2) is 6.10 Å². The highest BCUT2D eigenvalue weighted by atomic mass is 127. The number of rotatable bonds is 6. The summed E-state index contributed by atoms with van der Waals surface area (Å²) in [6.07, 6.45) is 1.48. The van der Waals surface area contributed by atoms with Gasteiger partial charge in [-0.15, -0.1) is 0 Å². The number of hydrogen-bond acceptors (Lipinski definition) is 3. The van der Waals surface area contributed by atoms with Crippen molar-refractivity contribution in [2.24, 2.45) is 11.8 Å². The van der Waals surface area contributed by atoms with Crippen molar-refractivity contribution in [3.63, 3.8) is 0 Å². The van der Waals surface area contributed by atoms with Crippen LogP contribution in [0.4, 0.5) is 0 Å². The lowest BCUT2D eigenvalue weighted by Gasteiger charge is -2.18. The maximum atomic E-state index is 11.6. The first-order valence-corrected chi connectivity index (χ1v) is 7.60. The molecule has 0 unspecified atom stereocenters. The lowest BCUT2D eigenvalue weighted by atomic mass is 10.0. The Morgan fingerprint density at radius 2 is 2.00 bits per heavy atom. The zero-order valence-electron chi connectivity index (χ0n) is 11.1. The minimum absolute atomic E-state index is 0.0302. The second-order valence-electron chi connectivity index (χ2n) is 5.57. The first kappa shape index (κ1) is 15.2. The molecule has 1 aliphatic heterocycles. The summed E-state index contributed by atoms with van der Waals surface area (Å²) in [5, 5.41) is 0. The van der Waals surface area contributed by atoms with Crippen LogP contribution in [0.1, 0.15) is 40.5 Å². The van der Waals surface area contributed by atoms with Crippen LogP contribution in [0.3, 0.4) is 0 Å². The Bertz CT molecular complexity index is 253. The van der Waals surface area contributed by atoms with Gasteiger partial charge in [0.05, 0.1) is 6.61 Å². The molecule has 0 aromatic rings. The Morgan fingerprint density at radius 1 is 1.35 bits per heavy atom. The van der Waals surface area contributed by atoms with Crippen LogP contribution in [-0.4, -0.2) is 28.7 Å². The van der Waals surface area contributed by atoms with Gasteiger partial charge in [0.25, 0.3) is 0 Å². The smallest absolute Gasteiger partial charge is 0.335 e. The van der Waals surface area contributed by atoms with Crippen molar-refractivity contribution in [3.05, 3.63) is 0 Å². The summed E-state index contributed by atoms with van der Waals surface area (Å²) in [4.78, 5) is 11.6. The van der Waals surface area contributed by atoms with Crippen molar-refractivity contribution in [2.75, 3.05) is 6.61 Å². The molecule has 1 heterocycles. The minimum atomic E-state index is -0.341. The van der Waals surface area contributed by atoms with Crippen LogP contribution in [-0.2, 0) is 14.3 Å². The van der Waals surface area contributed by atoms with Crippen molar-refractivity contribution in [1.82, 2.24) is 0 Å². The zero-order valence-corrected chi connectivity index (χ0v) is 13.3. The highest BCUT2D eigenvalue weighted by Crippen LogP contribution is 2.28. The van der Waals surface area contributed by atoms with E-state index < -0.39 is 0 Å². The Kier molecular flexibility index (Phi) is 6.20. The summed E-state index contributed by atoms with van der Waals surface area (Å²) in [5.41, 5.74) is 0. The van der Waals surface area contributed by atoms with E-state index >= 15 is 0 Å². The lowest BCUT2D eigenvalue weighted by molar-refractivity contribution is -0.150. The third-order valence-corrected chi connectivity index (χ3v) is 4.02. The van der Waals surface area contributed by atoms with E-state index in [1.807, 2.05) is 0 Å². The zero-order chi connectivity index (χ0) is 13.0. The van der Waals surface area contributed by atoms with E-state index in [1.54, 1.807) is 0 Å². The van der Waals surface area contributed by atoms with E-state index in [0.29, 0.717) is 28.8 Å². The molecule has 4 heteroatoms. The van der Waals surface area contributed by atoms with Gasteiger partial charge >= 0.3 is 5.97 Å². The van der Waals surface area contributed by atoms with Crippen LogP contribution < -0.4 is 0 Å². The number of ether oxygens (including phenoxy) is 2. The largest absolute Gasteiger partial charge is 0.459 e. The van der Waals surface area contributed by atoms with Gasteiger partial charge in [-0.2, -0.15) is 0 Å². The highest BCUT2D eigenvalue weighted by Gasteiger charge is 2.38. The van der Waals surface area contributed by atoms with Crippen molar-refractivity contribution in [3.8, 4) is 0 Å². The van der Waals surface area contributed by atoms with Crippen molar-refractivity contribution < 1.29 is 14.3 Å². The molecule has 0 N–H and O–H groups in total. The Hall–Kier alpha value is 0.160. The second kappa shape index (κ2) is 6.92. The quantitative estimate of drug-likeness (QED) is 0.418. The molecular weight excluding hydrogens is 331 g/mol. The van der Waals surface area contributed by atoms with E-state index in [2.05, 4.69) is 50.3 Å². The maximum absolute atomic E-state index is 11.6. The van der Waals surface area contributed by atoms with Gasteiger partial charge in [-0.1, -0.05) is 50.3 Å². The number of cyclic esters (lactones) is 1. The van der Waals surface area contributed by atoms with Gasteiger partial charge in [0.2, 0.25) is 0 Å².